The Kier molecular flexibility index (Phi) is 32.4. The van der Waals surface area contributed by atoms with Gasteiger partial charge in [0.05, 0.1) is 84.0 Å². The number of guanidine groups is 2. The maximum atomic E-state index is 13.4. The number of aliphatic hydroxyl groups excluding tert-OH is 4. The Morgan fingerprint density at radius 2 is 1.14 bits per heavy atom. The number of carboxylic acids is 2. The van der Waals surface area contributed by atoms with Gasteiger partial charge in [0.25, 0.3) is 0 Å². The highest BCUT2D eigenvalue weighted by Gasteiger charge is 2.46. The molecule has 0 aromatic heterocycles. The molecule has 0 spiro atoms. The summed E-state index contributed by atoms with van der Waals surface area (Å²) in [5, 5.41) is 68.1. The van der Waals surface area contributed by atoms with E-state index in [4.69, 9.17) is 67.3 Å². The van der Waals surface area contributed by atoms with Crippen molar-refractivity contribution in [2.24, 2.45) is 38.8 Å². The number of rotatable bonds is 40. The number of aliphatic imine (C=N–C) groups is 2. The third kappa shape index (κ3) is 26.0. The van der Waals surface area contributed by atoms with Gasteiger partial charge >= 0.3 is 11.9 Å². The second-order valence-electron chi connectivity index (χ2n) is 17.4. The van der Waals surface area contributed by atoms with Crippen molar-refractivity contribution >= 4 is 47.5 Å². The smallest absolute Gasteiger partial charge is 0.370 e. The summed E-state index contributed by atoms with van der Waals surface area (Å²) < 4.78 is 44.2. The molecule has 0 aliphatic carbocycles. The van der Waals surface area contributed by atoms with Crippen LogP contribution in [0.25, 0.3) is 0 Å². The molecule has 10 atom stereocenters. The highest BCUT2D eigenvalue weighted by molar-refractivity contribution is 5.86. The number of aliphatic carboxylic acids is 2. The molecule has 2 aliphatic rings. The zero-order valence-electron chi connectivity index (χ0n) is 43.4. The van der Waals surface area contributed by atoms with Gasteiger partial charge in [0.2, 0.25) is 35.1 Å². The van der Waals surface area contributed by atoms with E-state index in [2.05, 4.69) is 31.9 Å². The van der Waals surface area contributed by atoms with Crippen LogP contribution in [0.5, 0.6) is 0 Å². The Hall–Kier alpha value is -6.40. The summed E-state index contributed by atoms with van der Waals surface area (Å²) >= 11 is 0. The van der Waals surface area contributed by atoms with Crippen LogP contribution in [-0.4, -0.2) is 243 Å². The van der Waals surface area contributed by atoms with E-state index in [1.54, 1.807) is 11.8 Å². The van der Waals surface area contributed by atoms with E-state index in [-0.39, 0.29) is 70.9 Å². The van der Waals surface area contributed by atoms with Crippen molar-refractivity contribution in [3.63, 3.8) is 0 Å². The fourth-order valence-corrected chi connectivity index (χ4v) is 7.69. The number of carboxylic acid groups (broad SMARTS) is 2. The summed E-state index contributed by atoms with van der Waals surface area (Å²) in [6.07, 6.45) is 0.0816. The van der Waals surface area contributed by atoms with Gasteiger partial charge in [-0.25, -0.2) is 19.6 Å². The molecule has 0 saturated heterocycles. The molecule has 2 aliphatic heterocycles. The van der Waals surface area contributed by atoms with Gasteiger partial charge in [-0.05, 0) is 37.8 Å². The Labute approximate surface area is 445 Å². The zero-order valence-corrected chi connectivity index (χ0v) is 43.4. The number of nitrogens with two attached hydrogens (primary N) is 4. The van der Waals surface area contributed by atoms with Gasteiger partial charge in [0.15, 0.2) is 18.0 Å². The van der Waals surface area contributed by atoms with Gasteiger partial charge in [-0.1, -0.05) is 12.8 Å². The summed E-state index contributed by atoms with van der Waals surface area (Å²) in [7, 11) is 0. The average Bonchev–Trinajstić information content (AvgIpc) is 3.37. The summed E-state index contributed by atoms with van der Waals surface area (Å²) in [4.78, 5) is 84.8. The van der Waals surface area contributed by atoms with Crippen LogP contribution in [0.3, 0.4) is 0 Å². The standard InChI is InChI=1S/C47H78N10O20/c1-4-14-70-16-18-72-20-21-73-19-17-71-15-9-38(65)57(12-7-5-10-52-36(63)26-74-41(32(61)24-58)40-28(2)30(55-46(48)49)22-34(76-40)44(66)67)13-8-6-11-53-37(64)27-75-42(33(62)25-59)43-39(54-29(3)60)31(56-47(50)51)23-35(77-43)45(68)69/h1,22-23,28,30-33,39-43,58-59,61-62H,5-21,24-27H2,2-3H3,(H,52,63)(H,53,64)(H,54,60)(H,66,67)(H,68,69)(H4,48,49,55)(H4,50,51,56)/t28-,30+,31+,32-,33-,39-,40-,41-,42-,43-/m1/s1. The maximum Gasteiger partial charge on any atom is 0.370 e. The molecule has 436 valence electrons. The molecule has 0 bridgehead atoms. The van der Waals surface area contributed by atoms with E-state index in [9.17, 15) is 59.4 Å². The first kappa shape index (κ1) is 66.7. The number of unbranched alkanes of at least 4 members (excludes halogenated alkanes) is 2. The number of hydrogen-bond donors (Lipinski definition) is 13. The Morgan fingerprint density at radius 1 is 0.701 bits per heavy atom. The molecule has 17 N–H and O–H groups in total. The third-order valence-electron chi connectivity index (χ3n) is 11.4. The average molecular weight is 1100 g/mol. The van der Waals surface area contributed by atoms with Crippen molar-refractivity contribution in [1.82, 2.24) is 20.9 Å². The second kappa shape index (κ2) is 37.4. The van der Waals surface area contributed by atoms with Crippen molar-refractivity contribution in [1.29, 1.82) is 0 Å². The SMILES string of the molecule is C#CCOCCOCCOCCOCCC(=O)N(CCCCNC(=O)CO[C@@H]([C@@H]1OC(C(=O)O)=C[C@H](N=C(N)N)[C@H]1C)[C@H](O)CO)CCCCNC(=O)CO[C@@H]([C@@H]1OC(C(=O)O)=C[C@H](N=C(N)N)[C@H]1NC(C)=O)[C@H](O)CO. The highest BCUT2D eigenvalue weighted by atomic mass is 16.6. The highest BCUT2D eigenvalue weighted by Crippen LogP contribution is 2.31. The molecule has 0 aromatic rings. The number of terminal acetylenes is 1. The number of nitrogens with zero attached hydrogens (tertiary/aromatic N) is 3. The molecule has 0 fully saturated rings. The summed E-state index contributed by atoms with van der Waals surface area (Å²) in [6.45, 7) is 2.75. The molecule has 2 heterocycles. The topological polar surface area (TPSA) is 466 Å². The molecule has 30 heteroatoms. The van der Waals surface area contributed by atoms with Crippen LogP contribution in [0, 0.1) is 18.3 Å². The molecule has 77 heavy (non-hydrogen) atoms. The van der Waals surface area contributed by atoms with Crippen LogP contribution in [0.15, 0.2) is 33.7 Å². The number of hydrogen-bond acceptors (Lipinski definition) is 20. The molecule has 0 aromatic carbocycles. The number of aliphatic hydroxyl groups is 4. The molecular formula is C47H78N10O20. The van der Waals surface area contributed by atoms with Crippen molar-refractivity contribution in [2.75, 3.05) is 105 Å². The molecule has 30 nitrogen and oxygen atoms in total. The second-order valence-corrected chi connectivity index (χ2v) is 17.4. The van der Waals surface area contributed by atoms with Crippen molar-refractivity contribution in [3.8, 4) is 12.3 Å². The van der Waals surface area contributed by atoms with Gasteiger partial charge in [-0.15, -0.1) is 6.42 Å². The fraction of sp³-hybridized carbons (Fsp3) is 0.702. The predicted octanol–water partition coefficient (Wildman–Crippen LogP) is -5.67. The van der Waals surface area contributed by atoms with Crippen molar-refractivity contribution in [2.45, 2.75) is 101 Å². The first-order valence-electron chi connectivity index (χ1n) is 24.8. The lowest BCUT2D eigenvalue weighted by Gasteiger charge is -2.40. The number of nitrogens with one attached hydrogen (secondary N) is 3. The minimum absolute atomic E-state index is 0.0361. The Balaban J connectivity index is 1.99. The largest absolute Gasteiger partial charge is 0.480 e. The van der Waals surface area contributed by atoms with Crippen molar-refractivity contribution < 1.29 is 97.3 Å². The summed E-state index contributed by atoms with van der Waals surface area (Å²) in [5.74, 6) is -5.31. The van der Waals surface area contributed by atoms with Crippen LogP contribution in [-0.2, 0) is 66.7 Å². The van der Waals surface area contributed by atoms with E-state index >= 15 is 0 Å². The van der Waals surface area contributed by atoms with Crippen LogP contribution < -0.4 is 38.9 Å². The first-order valence-corrected chi connectivity index (χ1v) is 24.8. The monoisotopic (exact) mass is 1100 g/mol. The van der Waals surface area contributed by atoms with Crippen LogP contribution in [0.4, 0.5) is 0 Å². The normalized spacial score (nSPS) is 20.4. The number of carbonyl (C=O) groups is 6. The lowest BCUT2D eigenvalue weighted by molar-refractivity contribution is -0.160. The summed E-state index contributed by atoms with van der Waals surface area (Å²) in [5.41, 5.74) is 22.2. The van der Waals surface area contributed by atoms with Gasteiger partial charge < -0.3 is 112 Å². The minimum atomic E-state index is -1.73. The van der Waals surface area contributed by atoms with E-state index in [0.29, 0.717) is 52.1 Å². The van der Waals surface area contributed by atoms with E-state index in [0.717, 1.165) is 13.0 Å². The number of amides is 4. The molecule has 0 saturated carbocycles. The third-order valence-corrected chi connectivity index (χ3v) is 11.4. The maximum absolute atomic E-state index is 13.4. The minimum Gasteiger partial charge on any atom is -0.480 e. The Bertz CT molecular complexity index is 2020. The summed E-state index contributed by atoms with van der Waals surface area (Å²) in [6, 6.07) is -3.30. The molecular weight excluding hydrogens is 1020 g/mol. The molecule has 0 unspecified atom stereocenters. The van der Waals surface area contributed by atoms with Crippen molar-refractivity contribution in [3.05, 3.63) is 23.7 Å². The number of ether oxygens (including phenoxy) is 8. The van der Waals surface area contributed by atoms with E-state index in [1.807, 2.05) is 0 Å². The predicted molar refractivity (Wildman–Crippen MR) is 271 cm³/mol. The van der Waals surface area contributed by atoms with E-state index < -0.39 is 134 Å². The van der Waals surface area contributed by atoms with Crippen LogP contribution >= 0.6 is 0 Å². The van der Waals surface area contributed by atoms with Gasteiger partial charge in [-0.2, -0.15) is 0 Å². The fourth-order valence-electron chi connectivity index (χ4n) is 7.69. The van der Waals surface area contributed by atoms with Crippen LogP contribution in [0.2, 0.25) is 0 Å². The molecule has 0 radical (unpaired) electrons. The number of carbonyl (C=O) groups excluding carboxylic acids is 4. The van der Waals surface area contributed by atoms with Gasteiger partial charge in [-0.3, -0.25) is 19.2 Å². The quantitative estimate of drug-likeness (QED) is 0.0118. The lowest BCUT2D eigenvalue weighted by atomic mass is 9.87. The zero-order chi connectivity index (χ0) is 57.3. The first-order chi connectivity index (χ1) is 36.7. The Morgan fingerprint density at radius 3 is 1.60 bits per heavy atom. The van der Waals surface area contributed by atoms with E-state index in [1.165, 1.54) is 6.08 Å². The molecule has 4 amide bonds. The van der Waals surface area contributed by atoms with Gasteiger partial charge in [0.1, 0.15) is 50.3 Å². The molecule has 2 rings (SSSR count). The van der Waals surface area contributed by atoms with Gasteiger partial charge in [0, 0.05) is 39.0 Å². The van der Waals surface area contributed by atoms with Crippen LogP contribution in [0.1, 0.15) is 46.0 Å². The lowest BCUT2D eigenvalue weighted by Crippen LogP contribution is -2.60.